The van der Waals surface area contributed by atoms with Gasteiger partial charge < -0.3 is 15.0 Å². The number of nitrogens with zero attached hydrogens (tertiary/aromatic N) is 4. The van der Waals surface area contributed by atoms with Crippen LogP contribution in [0.4, 0.5) is 0 Å². The summed E-state index contributed by atoms with van der Waals surface area (Å²) in [6, 6.07) is 14.8. The maximum Gasteiger partial charge on any atom is 0.278 e. The van der Waals surface area contributed by atoms with Crippen LogP contribution < -0.4 is 15.6 Å². The highest BCUT2D eigenvalue weighted by atomic mass is 16.5. The molecule has 2 N–H and O–H groups in total. The van der Waals surface area contributed by atoms with Crippen LogP contribution in [0.15, 0.2) is 59.5 Å². The van der Waals surface area contributed by atoms with Crippen LogP contribution in [-0.4, -0.2) is 44.1 Å². The van der Waals surface area contributed by atoms with E-state index in [4.69, 9.17) is 4.74 Å². The van der Waals surface area contributed by atoms with Gasteiger partial charge in [-0.15, -0.1) is 0 Å². The number of hydrogen-bond donors (Lipinski definition) is 2. The number of para-hydroxylation sites is 1. The van der Waals surface area contributed by atoms with Crippen molar-refractivity contribution >= 4 is 27.7 Å². The molecule has 0 saturated carbocycles. The van der Waals surface area contributed by atoms with E-state index < -0.39 is 6.04 Å². The minimum absolute atomic E-state index is 0.235. The molecule has 0 bridgehead atoms. The van der Waals surface area contributed by atoms with Gasteiger partial charge >= 0.3 is 0 Å². The fourth-order valence-corrected chi connectivity index (χ4v) is 4.81. The van der Waals surface area contributed by atoms with Gasteiger partial charge in [0.05, 0.1) is 29.6 Å². The molecule has 5 rings (SSSR count). The van der Waals surface area contributed by atoms with Gasteiger partial charge in [-0.2, -0.15) is 10.2 Å². The van der Waals surface area contributed by atoms with Crippen LogP contribution in [0.5, 0.6) is 5.75 Å². The summed E-state index contributed by atoms with van der Waals surface area (Å²) in [4.78, 5) is 30.0. The van der Waals surface area contributed by atoms with Gasteiger partial charge in [-0.3, -0.25) is 9.59 Å². The lowest BCUT2D eigenvalue weighted by Gasteiger charge is -2.17. The quantitative estimate of drug-likeness (QED) is 0.336. The van der Waals surface area contributed by atoms with Gasteiger partial charge in [-0.05, 0) is 62.6 Å². The number of nitrogens with one attached hydrogen (secondary N) is 2. The van der Waals surface area contributed by atoms with Gasteiger partial charge in [0.2, 0.25) is 5.91 Å². The lowest BCUT2D eigenvalue weighted by Crippen LogP contribution is -2.39. The van der Waals surface area contributed by atoms with Crippen molar-refractivity contribution in [3.05, 3.63) is 82.0 Å². The highest BCUT2D eigenvalue weighted by Crippen LogP contribution is 2.24. The Labute approximate surface area is 214 Å². The van der Waals surface area contributed by atoms with Crippen molar-refractivity contribution in [2.45, 2.75) is 39.7 Å². The third-order valence-corrected chi connectivity index (χ3v) is 6.79. The molecule has 0 aliphatic rings. The van der Waals surface area contributed by atoms with Crippen LogP contribution in [0.1, 0.15) is 36.3 Å². The van der Waals surface area contributed by atoms with Crippen molar-refractivity contribution in [1.29, 1.82) is 0 Å². The van der Waals surface area contributed by atoms with Crippen molar-refractivity contribution in [2.24, 2.45) is 0 Å². The molecule has 0 fully saturated rings. The van der Waals surface area contributed by atoms with E-state index in [0.29, 0.717) is 36.0 Å². The molecule has 37 heavy (non-hydrogen) atoms. The van der Waals surface area contributed by atoms with Gasteiger partial charge in [0, 0.05) is 23.6 Å². The molecule has 5 aromatic rings. The number of carbonyl (C=O) groups excluding carboxylic acids is 1. The van der Waals surface area contributed by atoms with Crippen LogP contribution in [0.2, 0.25) is 0 Å². The maximum atomic E-state index is 13.6. The second kappa shape index (κ2) is 9.93. The van der Waals surface area contributed by atoms with Crippen molar-refractivity contribution in [3.8, 4) is 11.4 Å². The second-order valence-electron chi connectivity index (χ2n) is 9.08. The normalized spacial score (nSPS) is 12.2. The average molecular weight is 499 g/mol. The molecular weight excluding hydrogens is 468 g/mol. The molecule has 1 atom stereocenters. The maximum absolute atomic E-state index is 13.6. The van der Waals surface area contributed by atoms with E-state index in [1.54, 1.807) is 11.8 Å². The fraction of sp³-hybridized carbons (Fsp3) is 0.286. The van der Waals surface area contributed by atoms with Crippen LogP contribution in [0, 0.1) is 13.8 Å². The lowest BCUT2D eigenvalue weighted by molar-refractivity contribution is -0.124. The van der Waals surface area contributed by atoms with Crippen molar-refractivity contribution in [1.82, 2.24) is 29.9 Å². The summed E-state index contributed by atoms with van der Waals surface area (Å²) in [6.07, 6.45) is 3.02. The first-order valence-electron chi connectivity index (χ1n) is 12.4. The molecule has 190 valence electrons. The Morgan fingerprint density at radius 3 is 2.65 bits per heavy atom. The number of aromatic nitrogens is 5. The molecule has 1 amide bonds. The van der Waals surface area contributed by atoms with E-state index in [-0.39, 0.29) is 11.5 Å². The summed E-state index contributed by atoms with van der Waals surface area (Å²) in [7, 11) is 1.64. The number of rotatable bonds is 8. The Morgan fingerprint density at radius 1 is 1.14 bits per heavy atom. The van der Waals surface area contributed by atoms with E-state index in [2.05, 4.69) is 20.5 Å². The number of carbonyl (C=O) groups is 1. The smallest absolute Gasteiger partial charge is 0.278 e. The lowest BCUT2D eigenvalue weighted by atomic mass is 10.1. The monoisotopic (exact) mass is 498 g/mol. The molecule has 0 aliphatic heterocycles. The average Bonchev–Trinajstić information content (AvgIpc) is 3.48. The Hall–Kier alpha value is -4.40. The molecule has 2 aromatic carbocycles. The first-order valence-corrected chi connectivity index (χ1v) is 12.4. The zero-order chi connectivity index (χ0) is 26.1. The van der Waals surface area contributed by atoms with Gasteiger partial charge in [0.25, 0.3) is 5.56 Å². The van der Waals surface area contributed by atoms with E-state index in [0.717, 1.165) is 33.6 Å². The minimum atomic E-state index is -0.724. The number of H-pyrrole nitrogens is 1. The third kappa shape index (κ3) is 4.37. The van der Waals surface area contributed by atoms with Gasteiger partial charge in [-0.1, -0.05) is 25.1 Å². The van der Waals surface area contributed by atoms with Crippen LogP contribution in [-0.2, 0) is 11.2 Å². The van der Waals surface area contributed by atoms with E-state index >= 15 is 0 Å². The molecule has 0 spiro atoms. The largest absolute Gasteiger partial charge is 0.497 e. The number of benzene rings is 2. The van der Waals surface area contributed by atoms with Crippen molar-refractivity contribution < 1.29 is 9.53 Å². The first-order chi connectivity index (χ1) is 17.9. The highest BCUT2D eigenvalue weighted by molar-refractivity contribution is 5.86. The number of amides is 1. The molecule has 0 radical (unpaired) electrons. The van der Waals surface area contributed by atoms with Crippen LogP contribution >= 0.6 is 0 Å². The Morgan fingerprint density at radius 2 is 1.92 bits per heavy atom. The topological polar surface area (TPSA) is 107 Å². The molecule has 0 aliphatic carbocycles. The molecule has 9 heteroatoms. The first kappa shape index (κ1) is 24.3. The summed E-state index contributed by atoms with van der Waals surface area (Å²) in [5.41, 5.74) is 4.51. The third-order valence-electron chi connectivity index (χ3n) is 6.79. The number of methoxy groups -OCH3 is 1. The molecule has 3 aromatic heterocycles. The molecule has 9 nitrogen and oxygen atoms in total. The second-order valence-corrected chi connectivity index (χ2v) is 9.08. The standard InChI is InChI=1S/C28H30N6O3/c1-5-24(27(35)29-14-13-19-16-30-23-12-11-21(37-4)15-22(19)23)34-28(36)25-18(3)33(20-9-7-6-8-10-20)32-26(25)17(2)31-34/h6-12,15-16,24,30H,5,13-14H2,1-4H3,(H,29,35)/t24-/m0/s1. The van der Waals surface area contributed by atoms with Gasteiger partial charge in [-0.25, -0.2) is 9.36 Å². The van der Waals surface area contributed by atoms with Crippen LogP contribution in [0.3, 0.4) is 0 Å². The Bertz CT molecular complexity index is 1650. The summed E-state index contributed by atoms with van der Waals surface area (Å²) in [5.74, 6) is 0.548. The predicted molar refractivity (Wildman–Crippen MR) is 143 cm³/mol. The fourth-order valence-electron chi connectivity index (χ4n) is 4.81. The number of hydrogen-bond acceptors (Lipinski definition) is 5. The molecule has 0 unspecified atom stereocenters. The predicted octanol–water partition coefficient (Wildman–Crippen LogP) is 4.00. The molecule has 0 saturated heterocycles. The summed E-state index contributed by atoms with van der Waals surface area (Å²) in [5, 5.41) is 13.7. The zero-order valence-corrected chi connectivity index (χ0v) is 21.4. The van der Waals surface area contributed by atoms with Crippen molar-refractivity contribution in [3.63, 3.8) is 0 Å². The van der Waals surface area contributed by atoms with E-state index in [1.807, 2.05) is 75.5 Å². The SMILES string of the molecule is CC[C@@H](C(=O)NCCc1c[nH]c2ccc(OC)cc12)n1nc(C)c2nn(-c3ccccc3)c(C)c2c1=O. The Balaban J connectivity index is 1.39. The van der Waals surface area contributed by atoms with Gasteiger partial charge in [0.1, 0.15) is 17.3 Å². The molecular formula is C28H30N6O3. The summed E-state index contributed by atoms with van der Waals surface area (Å²) >= 11 is 0. The number of aryl methyl sites for hydroxylation is 2. The number of ether oxygens (including phenoxy) is 1. The van der Waals surface area contributed by atoms with Crippen molar-refractivity contribution in [2.75, 3.05) is 13.7 Å². The molecule has 3 heterocycles. The summed E-state index contributed by atoms with van der Waals surface area (Å²) in [6.45, 7) is 5.99. The van der Waals surface area contributed by atoms with E-state index in [9.17, 15) is 9.59 Å². The van der Waals surface area contributed by atoms with E-state index in [1.165, 1.54) is 4.68 Å². The highest BCUT2D eigenvalue weighted by Gasteiger charge is 2.25. The van der Waals surface area contributed by atoms with Crippen LogP contribution in [0.25, 0.3) is 27.5 Å². The van der Waals surface area contributed by atoms with Gasteiger partial charge in [0.15, 0.2) is 0 Å². The Kier molecular flexibility index (Phi) is 6.52. The minimum Gasteiger partial charge on any atom is -0.497 e. The summed E-state index contributed by atoms with van der Waals surface area (Å²) < 4.78 is 8.41. The number of fused-ring (bicyclic) bond motifs is 2. The zero-order valence-electron chi connectivity index (χ0n) is 21.4. The number of aromatic amines is 1.